The van der Waals surface area contributed by atoms with E-state index in [1.165, 1.54) is 24.3 Å². The topological polar surface area (TPSA) is 143 Å². The third kappa shape index (κ3) is 3.96. The molecule has 0 aromatic heterocycles. The van der Waals surface area contributed by atoms with Crippen LogP contribution in [0, 0.1) is 0 Å². The van der Waals surface area contributed by atoms with Crippen molar-refractivity contribution < 1.29 is 44.2 Å². The molecule has 4 N–H and O–H groups in total. The van der Waals surface area contributed by atoms with E-state index in [9.17, 15) is 30.0 Å². The molecule has 28 heavy (non-hydrogen) atoms. The Morgan fingerprint density at radius 1 is 1.21 bits per heavy atom. The van der Waals surface area contributed by atoms with Crippen LogP contribution in [0.25, 0.3) is 6.08 Å². The fourth-order valence-electron chi connectivity index (χ4n) is 3.44. The summed E-state index contributed by atoms with van der Waals surface area (Å²) in [5.41, 5.74) is -1.07. The lowest BCUT2D eigenvalue weighted by Crippen LogP contribution is -2.56. The Labute approximate surface area is 160 Å². The Morgan fingerprint density at radius 2 is 1.93 bits per heavy atom. The lowest BCUT2D eigenvalue weighted by Gasteiger charge is -2.39. The normalized spacial score (nSPS) is 31.9. The second-order valence-electron chi connectivity index (χ2n) is 7.41. The van der Waals surface area contributed by atoms with Crippen LogP contribution in [0.4, 0.5) is 0 Å². The van der Waals surface area contributed by atoms with E-state index in [0.717, 1.165) is 6.08 Å². The summed E-state index contributed by atoms with van der Waals surface area (Å²) < 4.78 is 16.0. The lowest BCUT2D eigenvalue weighted by molar-refractivity contribution is -0.209. The average Bonchev–Trinajstić information content (AvgIpc) is 2.81. The third-order valence-corrected chi connectivity index (χ3v) is 4.68. The number of aliphatic hydroxyl groups excluding tert-OH is 2. The van der Waals surface area contributed by atoms with Crippen molar-refractivity contribution >= 4 is 18.0 Å². The number of cyclic esters (lactones) is 1. The van der Waals surface area contributed by atoms with Gasteiger partial charge in [-0.15, -0.1) is 0 Å². The Balaban J connectivity index is 1.71. The van der Waals surface area contributed by atoms with Crippen LogP contribution in [-0.2, 0) is 23.8 Å². The highest BCUT2D eigenvalue weighted by Crippen LogP contribution is 2.43. The quantitative estimate of drug-likeness (QED) is 0.329. The van der Waals surface area contributed by atoms with Gasteiger partial charge in [-0.2, -0.15) is 0 Å². The Kier molecular flexibility index (Phi) is 5.09. The Morgan fingerprint density at radius 3 is 2.54 bits per heavy atom. The predicted molar refractivity (Wildman–Crippen MR) is 93.9 cm³/mol. The fraction of sp³-hybridized carbons (Fsp3) is 0.474. The van der Waals surface area contributed by atoms with Gasteiger partial charge in [0.25, 0.3) is 0 Å². The van der Waals surface area contributed by atoms with Crippen molar-refractivity contribution in [1.82, 2.24) is 0 Å². The minimum Gasteiger partial charge on any atom is -0.504 e. The molecule has 1 aromatic carbocycles. The summed E-state index contributed by atoms with van der Waals surface area (Å²) in [6.07, 6.45) is -1.85. The SMILES string of the molecule is CC1(C)OC(=O)C2(CC(O)C(O)C(OC(=O)/C=C/c3ccc(O)c(O)c3)C2)O1. The maximum Gasteiger partial charge on any atom is 0.341 e. The number of aromatic hydroxyl groups is 2. The maximum absolute atomic E-state index is 12.3. The van der Waals surface area contributed by atoms with Gasteiger partial charge in [-0.25, -0.2) is 9.59 Å². The number of carbonyl (C=O) groups excluding carboxylic acids is 2. The number of carbonyl (C=O) groups is 2. The van der Waals surface area contributed by atoms with E-state index < -0.39 is 41.6 Å². The van der Waals surface area contributed by atoms with Gasteiger partial charge < -0.3 is 34.6 Å². The van der Waals surface area contributed by atoms with Crippen molar-refractivity contribution in [1.29, 1.82) is 0 Å². The summed E-state index contributed by atoms with van der Waals surface area (Å²) in [5.74, 6) is -3.33. The second-order valence-corrected chi connectivity index (χ2v) is 7.41. The molecule has 4 atom stereocenters. The number of esters is 2. The highest BCUT2D eigenvalue weighted by atomic mass is 16.8. The van der Waals surface area contributed by atoms with Gasteiger partial charge in [0.15, 0.2) is 17.1 Å². The molecule has 3 rings (SSSR count). The molecule has 0 radical (unpaired) electrons. The summed E-state index contributed by atoms with van der Waals surface area (Å²) in [6.45, 7) is 3.10. The van der Waals surface area contributed by atoms with Gasteiger partial charge in [0.2, 0.25) is 5.79 Å². The molecule has 1 aromatic rings. The van der Waals surface area contributed by atoms with Crippen LogP contribution in [0.2, 0.25) is 0 Å². The predicted octanol–water partition coefficient (Wildman–Crippen LogP) is 0.587. The van der Waals surface area contributed by atoms with Gasteiger partial charge in [-0.3, -0.25) is 0 Å². The Bertz CT molecular complexity index is 816. The molecule has 4 unspecified atom stereocenters. The molecule has 1 aliphatic heterocycles. The number of aliphatic hydroxyl groups is 2. The van der Waals surface area contributed by atoms with Crippen molar-refractivity contribution in [2.75, 3.05) is 0 Å². The fourth-order valence-corrected chi connectivity index (χ4v) is 3.44. The smallest absolute Gasteiger partial charge is 0.341 e. The molecular formula is C19H22O9. The molecule has 152 valence electrons. The van der Waals surface area contributed by atoms with E-state index in [1.54, 1.807) is 13.8 Å². The van der Waals surface area contributed by atoms with Gasteiger partial charge in [0.05, 0.1) is 6.10 Å². The summed E-state index contributed by atoms with van der Waals surface area (Å²) in [5, 5.41) is 39.1. The molecule has 1 saturated carbocycles. The molecule has 1 spiro atoms. The summed E-state index contributed by atoms with van der Waals surface area (Å²) in [6, 6.07) is 3.98. The summed E-state index contributed by atoms with van der Waals surface area (Å²) in [7, 11) is 0. The molecule has 9 heteroatoms. The molecule has 0 bridgehead atoms. The first-order valence-electron chi connectivity index (χ1n) is 8.72. The minimum atomic E-state index is -1.50. The van der Waals surface area contributed by atoms with Crippen molar-refractivity contribution in [3.05, 3.63) is 29.8 Å². The first kappa shape index (κ1) is 20.1. The molecule has 2 aliphatic rings. The molecule has 2 fully saturated rings. The molecule has 1 saturated heterocycles. The van der Waals surface area contributed by atoms with E-state index in [4.69, 9.17) is 14.2 Å². The van der Waals surface area contributed by atoms with Gasteiger partial charge in [-0.1, -0.05) is 6.07 Å². The van der Waals surface area contributed by atoms with Crippen LogP contribution in [0.5, 0.6) is 11.5 Å². The number of rotatable bonds is 3. The Hall–Kier alpha value is -2.62. The van der Waals surface area contributed by atoms with Crippen molar-refractivity contribution in [3.63, 3.8) is 0 Å². The van der Waals surface area contributed by atoms with Crippen LogP contribution >= 0.6 is 0 Å². The largest absolute Gasteiger partial charge is 0.504 e. The van der Waals surface area contributed by atoms with E-state index in [0.29, 0.717) is 5.56 Å². The van der Waals surface area contributed by atoms with E-state index >= 15 is 0 Å². The van der Waals surface area contributed by atoms with Crippen molar-refractivity contribution in [2.24, 2.45) is 0 Å². The maximum atomic E-state index is 12.3. The van der Waals surface area contributed by atoms with E-state index in [2.05, 4.69) is 0 Å². The van der Waals surface area contributed by atoms with Crippen LogP contribution in [0.15, 0.2) is 24.3 Å². The molecular weight excluding hydrogens is 372 g/mol. The first-order valence-corrected chi connectivity index (χ1v) is 8.72. The van der Waals surface area contributed by atoms with Gasteiger partial charge in [0, 0.05) is 32.8 Å². The monoisotopic (exact) mass is 394 g/mol. The minimum absolute atomic E-state index is 0.160. The summed E-state index contributed by atoms with van der Waals surface area (Å²) in [4.78, 5) is 24.4. The number of phenols is 2. The van der Waals surface area contributed by atoms with Crippen LogP contribution in [0.3, 0.4) is 0 Å². The molecule has 9 nitrogen and oxygen atoms in total. The van der Waals surface area contributed by atoms with Crippen LogP contribution in [-0.4, -0.2) is 62.1 Å². The first-order chi connectivity index (χ1) is 13.0. The van der Waals surface area contributed by atoms with Crippen molar-refractivity contribution in [3.8, 4) is 11.5 Å². The number of benzene rings is 1. The van der Waals surface area contributed by atoms with E-state index in [1.807, 2.05) is 0 Å². The summed E-state index contributed by atoms with van der Waals surface area (Å²) >= 11 is 0. The van der Waals surface area contributed by atoms with Crippen LogP contribution in [0.1, 0.15) is 32.3 Å². The lowest BCUT2D eigenvalue weighted by atomic mass is 9.79. The van der Waals surface area contributed by atoms with E-state index in [-0.39, 0.29) is 24.3 Å². The number of hydrogen-bond donors (Lipinski definition) is 4. The van der Waals surface area contributed by atoms with Gasteiger partial charge in [-0.05, 0) is 23.8 Å². The molecule has 1 heterocycles. The molecule has 1 aliphatic carbocycles. The van der Waals surface area contributed by atoms with Gasteiger partial charge in [0.1, 0.15) is 12.2 Å². The highest BCUT2D eigenvalue weighted by molar-refractivity contribution is 5.87. The number of phenolic OH excluding ortho intramolecular Hbond substituents is 2. The van der Waals surface area contributed by atoms with Gasteiger partial charge >= 0.3 is 11.9 Å². The second kappa shape index (κ2) is 7.08. The molecule has 0 amide bonds. The standard InChI is InChI=1S/C19H22O9/c1-18(2)27-17(25)19(28-18)8-13(22)16(24)14(9-19)26-15(23)6-4-10-3-5-11(20)12(21)7-10/h3-7,13-14,16,20-22,24H,8-9H2,1-2H3/b6-4+. The zero-order valence-corrected chi connectivity index (χ0v) is 15.4. The van der Waals surface area contributed by atoms with Crippen molar-refractivity contribution in [2.45, 2.75) is 56.4 Å². The zero-order valence-electron chi connectivity index (χ0n) is 15.4. The highest BCUT2D eigenvalue weighted by Gasteiger charge is 2.60. The number of ether oxygens (including phenoxy) is 3. The average molecular weight is 394 g/mol. The van der Waals surface area contributed by atoms with Crippen LogP contribution < -0.4 is 0 Å². The zero-order chi connectivity index (χ0) is 20.7. The third-order valence-electron chi connectivity index (χ3n) is 4.68. The number of hydrogen-bond acceptors (Lipinski definition) is 9.